The molecule has 0 heterocycles. The SMILES string of the molecule is CC(C)C(NCc1cc(Cl)cc(Cl)c1O)C(=O)O. The van der Waals surface area contributed by atoms with E-state index in [1.807, 2.05) is 0 Å². The predicted octanol–water partition coefficient (Wildman–Crippen LogP) is 2.90. The van der Waals surface area contributed by atoms with Crippen molar-refractivity contribution >= 4 is 29.2 Å². The number of phenolic OH excluding ortho intramolecular Hbond substituents is 1. The van der Waals surface area contributed by atoms with Crippen molar-refractivity contribution in [1.29, 1.82) is 0 Å². The molecule has 0 saturated heterocycles. The third-order valence-corrected chi connectivity index (χ3v) is 3.06. The summed E-state index contributed by atoms with van der Waals surface area (Å²) < 4.78 is 0. The quantitative estimate of drug-likeness (QED) is 0.780. The minimum atomic E-state index is -0.933. The summed E-state index contributed by atoms with van der Waals surface area (Å²) in [4.78, 5) is 11.0. The second-order valence-corrected chi connectivity index (χ2v) is 5.18. The van der Waals surface area contributed by atoms with E-state index < -0.39 is 12.0 Å². The van der Waals surface area contributed by atoms with Crippen LogP contribution in [0.25, 0.3) is 0 Å². The van der Waals surface area contributed by atoms with Crippen LogP contribution in [0.2, 0.25) is 10.0 Å². The number of hydrogen-bond donors (Lipinski definition) is 3. The first-order valence-electron chi connectivity index (χ1n) is 5.46. The molecule has 100 valence electrons. The van der Waals surface area contributed by atoms with Crippen LogP contribution in [0.4, 0.5) is 0 Å². The maximum Gasteiger partial charge on any atom is 0.320 e. The molecule has 1 atom stereocenters. The molecule has 0 aromatic heterocycles. The molecule has 0 aliphatic carbocycles. The monoisotopic (exact) mass is 291 g/mol. The first-order valence-corrected chi connectivity index (χ1v) is 6.21. The third-order valence-electron chi connectivity index (χ3n) is 2.55. The zero-order chi connectivity index (χ0) is 13.9. The van der Waals surface area contributed by atoms with Crippen molar-refractivity contribution in [2.45, 2.75) is 26.4 Å². The smallest absolute Gasteiger partial charge is 0.320 e. The van der Waals surface area contributed by atoms with Crippen LogP contribution in [-0.4, -0.2) is 22.2 Å². The molecule has 1 aromatic rings. The standard InChI is InChI=1S/C12H15Cl2NO3/c1-6(2)10(12(17)18)15-5-7-3-8(13)4-9(14)11(7)16/h3-4,6,10,15-16H,5H2,1-2H3,(H,17,18). The Kier molecular flexibility index (Phi) is 5.26. The Morgan fingerprint density at radius 1 is 1.39 bits per heavy atom. The van der Waals surface area contributed by atoms with Gasteiger partial charge in [0.05, 0.1) is 5.02 Å². The maximum absolute atomic E-state index is 11.0. The van der Waals surface area contributed by atoms with Gasteiger partial charge in [0.25, 0.3) is 0 Å². The number of carboxylic acid groups (broad SMARTS) is 1. The van der Waals surface area contributed by atoms with Crippen LogP contribution in [0.5, 0.6) is 5.75 Å². The van der Waals surface area contributed by atoms with Crippen molar-refractivity contribution in [3.05, 3.63) is 27.7 Å². The number of nitrogens with one attached hydrogen (secondary N) is 1. The highest BCUT2D eigenvalue weighted by Crippen LogP contribution is 2.31. The molecular weight excluding hydrogens is 277 g/mol. The van der Waals surface area contributed by atoms with Crippen molar-refractivity contribution in [2.24, 2.45) is 5.92 Å². The summed E-state index contributed by atoms with van der Waals surface area (Å²) in [6, 6.07) is 2.29. The molecule has 0 spiro atoms. The second kappa shape index (κ2) is 6.27. The molecule has 1 aromatic carbocycles. The normalized spacial score (nSPS) is 12.7. The first-order chi connectivity index (χ1) is 8.32. The number of benzene rings is 1. The Balaban J connectivity index is 2.82. The molecule has 0 aliphatic rings. The molecule has 0 saturated carbocycles. The van der Waals surface area contributed by atoms with Crippen molar-refractivity contribution in [2.75, 3.05) is 0 Å². The average Bonchev–Trinajstić information content (AvgIpc) is 2.23. The number of hydrogen-bond acceptors (Lipinski definition) is 3. The Morgan fingerprint density at radius 3 is 2.50 bits per heavy atom. The van der Waals surface area contributed by atoms with Gasteiger partial charge in [0.1, 0.15) is 11.8 Å². The fraction of sp³-hybridized carbons (Fsp3) is 0.417. The maximum atomic E-state index is 11.0. The van der Waals surface area contributed by atoms with Gasteiger partial charge in [-0.3, -0.25) is 10.1 Å². The number of carbonyl (C=O) groups is 1. The van der Waals surface area contributed by atoms with Crippen molar-refractivity contribution < 1.29 is 15.0 Å². The highest BCUT2D eigenvalue weighted by molar-refractivity contribution is 6.35. The average molecular weight is 292 g/mol. The van der Waals surface area contributed by atoms with E-state index in [0.717, 1.165) is 0 Å². The minimum Gasteiger partial charge on any atom is -0.506 e. The van der Waals surface area contributed by atoms with E-state index in [-0.39, 0.29) is 23.2 Å². The van der Waals surface area contributed by atoms with Gasteiger partial charge in [-0.1, -0.05) is 37.0 Å². The lowest BCUT2D eigenvalue weighted by Crippen LogP contribution is -2.40. The summed E-state index contributed by atoms with van der Waals surface area (Å²) in [5.41, 5.74) is 0.472. The van der Waals surface area contributed by atoms with Crippen LogP contribution >= 0.6 is 23.2 Å². The summed E-state index contributed by atoms with van der Waals surface area (Å²) in [6.45, 7) is 3.79. The van der Waals surface area contributed by atoms with Gasteiger partial charge in [0, 0.05) is 17.1 Å². The van der Waals surface area contributed by atoms with Crippen molar-refractivity contribution in [3.63, 3.8) is 0 Å². The van der Waals surface area contributed by atoms with Crippen LogP contribution in [0.3, 0.4) is 0 Å². The molecule has 0 radical (unpaired) electrons. The van der Waals surface area contributed by atoms with Gasteiger partial charge >= 0.3 is 5.97 Å². The third kappa shape index (κ3) is 3.77. The summed E-state index contributed by atoms with van der Waals surface area (Å²) in [5, 5.41) is 22.2. The molecule has 1 rings (SSSR count). The summed E-state index contributed by atoms with van der Waals surface area (Å²) in [5.74, 6) is -1.08. The van der Waals surface area contributed by atoms with Gasteiger partial charge in [-0.2, -0.15) is 0 Å². The lowest BCUT2D eigenvalue weighted by Gasteiger charge is -2.18. The van der Waals surface area contributed by atoms with E-state index in [9.17, 15) is 9.90 Å². The molecule has 6 heteroatoms. The first kappa shape index (κ1) is 15.1. The molecule has 0 amide bonds. The largest absolute Gasteiger partial charge is 0.506 e. The van der Waals surface area contributed by atoms with E-state index in [4.69, 9.17) is 28.3 Å². The van der Waals surface area contributed by atoms with Crippen LogP contribution in [0.1, 0.15) is 19.4 Å². The minimum absolute atomic E-state index is 0.0701. The number of rotatable bonds is 5. The number of aliphatic carboxylic acids is 1. The summed E-state index contributed by atoms with van der Waals surface area (Å²) >= 11 is 11.6. The van der Waals surface area contributed by atoms with Crippen molar-refractivity contribution in [3.8, 4) is 5.75 Å². The number of halogens is 2. The Hall–Kier alpha value is -0.970. The summed E-state index contributed by atoms with van der Waals surface area (Å²) in [6.07, 6.45) is 0. The fourth-order valence-corrected chi connectivity index (χ4v) is 2.12. The zero-order valence-corrected chi connectivity index (χ0v) is 11.6. The van der Waals surface area contributed by atoms with Gasteiger partial charge in [-0.25, -0.2) is 0 Å². The van der Waals surface area contributed by atoms with Gasteiger partial charge < -0.3 is 10.2 Å². The lowest BCUT2D eigenvalue weighted by molar-refractivity contribution is -0.140. The molecule has 0 bridgehead atoms. The van der Waals surface area contributed by atoms with Gasteiger partial charge in [0.2, 0.25) is 0 Å². The highest BCUT2D eigenvalue weighted by Gasteiger charge is 2.21. The van der Waals surface area contributed by atoms with Crippen molar-refractivity contribution in [1.82, 2.24) is 5.32 Å². The number of carboxylic acids is 1. The highest BCUT2D eigenvalue weighted by atomic mass is 35.5. The van der Waals surface area contributed by atoms with E-state index in [1.54, 1.807) is 19.9 Å². The Morgan fingerprint density at radius 2 is 2.00 bits per heavy atom. The fourth-order valence-electron chi connectivity index (χ4n) is 1.58. The predicted molar refractivity (Wildman–Crippen MR) is 71.2 cm³/mol. The second-order valence-electron chi connectivity index (χ2n) is 4.34. The van der Waals surface area contributed by atoms with Gasteiger partial charge in [-0.15, -0.1) is 0 Å². The van der Waals surface area contributed by atoms with E-state index >= 15 is 0 Å². The number of phenols is 1. The topological polar surface area (TPSA) is 69.6 Å². The number of aromatic hydroxyl groups is 1. The van der Waals surface area contributed by atoms with Crippen LogP contribution in [-0.2, 0) is 11.3 Å². The lowest BCUT2D eigenvalue weighted by atomic mass is 10.0. The van der Waals surface area contributed by atoms with Gasteiger partial charge in [0.15, 0.2) is 0 Å². The molecule has 4 nitrogen and oxygen atoms in total. The Bertz CT molecular complexity index is 449. The Labute approximate surface area is 116 Å². The van der Waals surface area contributed by atoms with Gasteiger partial charge in [-0.05, 0) is 18.1 Å². The summed E-state index contributed by atoms with van der Waals surface area (Å²) in [7, 11) is 0. The molecule has 3 N–H and O–H groups in total. The molecule has 0 fully saturated rings. The molecule has 18 heavy (non-hydrogen) atoms. The van der Waals surface area contributed by atoms with Crippen LogP contribution < -0.4 is 5.32 Å². The van der Waals surface area contributed by atoms with E-state index in [2.05, 4.69) is 5.32 Å². The molecule has 0 aliphatic heterocycles. The molecule has 1 unspecified atom stereocenters. The van der Waals surface area contributed by atoms with E-state index in [1.165, 1.54) is 6.07 Å². The zero-order valence-electron chi connectivity index (χ0n) is 10.1. The molecular formula is C12H15Cl2NO3. The van der Waals surface area contributed by atoms with Crippen LogP contribution in [0.15, 0.2) is 12.1 Å². The van der Waals surface area contributed by atoms with E-state index in [0.29, 0.717) is 10.6 Å². The van der Waals surface area contributed by atoms with Crippen LogP contribution in [0, 0.1) is 5.92 Å².